The van der Waals surface area contributed by atoms with Gasteiger partial charge in [0.25, 0.3) is 0 Å². The highest BCUT2D eigenvalue weighted by Gasteiger charge is 2.23. The molecule has 0 spiro atoms. The molecule has 0 bridgehead atoms. The summed E-state index contributed by atoms with van der Waals surface area (Å²) in [5.41, 5.74) is 0.285. The lowest BCUT2D eigenvalue weighted by Gasteiger charge is -2.28. The standard InChI is InChI=1S/C11H16N2O2/c1-8-4-2-3-5-10(8)13-7-9(6-12-13)11(14)15/h6-8,10H,2-5H2,1H3,(H,14,15)/t8-,10-/m0/s1. The van der Waals surface area contributed by atoms with Gasteiger partial charge in [0.15, 0.2) is 0 Å². The molecule has 15 heavy (non-hydrogen) atoms. The number of carbonyl (C=O) groups is 1. The fourth-order valence-corrected chi connectivity index (χ4v) is 2.32. The van der Waals surface area contributed by atoms with Crippen LogP contribution in [-0.4, -0.2) is 20.9 Å². The van der Waals surface area contributed by atoms with E-state index in [0.29, 0.717) is 12.0 Å². The number of aromatic nitrogens is 2. The van der Waals surface area contributed by atoms with Crippen LogP contribution in [0.1, 0.15) is 49.0 Å². The molecule has 2 rings (SSSR count). The first-order chi connectivity index (χ1) is 7.18. The summed E-state index contributed by atoms with van der Waals surface area (Å²) in [7, 11) is 0. The highest BCUT2D eigenvalue weighted by Crippen LogP contribution is 2.32. The average Bonchev–Trinajstić information content (AvgIpc) is 2.67. The van der Waals surface area contributed by atoms with Gasteiger partial charge in [-0.2, -0.15) is 5.10 Å². The molecule has 1 aromatic heterocycles. The molecule has 1 N–H and O–H groups in total. The quantitative estimate of drug-likeness (QED) is 0.811. The van der Waals surface area contributed by atoms with Crippen LogP contribution in [0.5, 0.6) is 0 Å². The minimum absolute atomic E-state index is 0.285. The summed E-state index contributed by atoms with van der Waals surface area (Å²) in [4.78, 5) is 10.7. The summed E-state index contributed by atoms with van der Waals surface area (Å²) < 4.78 is 1.83. The van der Waals surface area contributed by atoms with Crippen LogP contribution in [-0.2, 0) is 0 Å². The van der Waals surface area contributed by atoms with Crippen molar-refractivity contribution in [2.45, 2.75) is 38.6 Å². The molecule has 4 nitrogen and oxygen atoms in total. The molecule has 4 heteroatoms. The molecular weight excluding hydrogens is 192 g/mol. The van der Waals surface area contributed by atoms with Crippen molar-refractivity contribution in [2.75, 3.05) is 0 Å². The maximum absolute atomic E-state index is 10.7. The van der Waals surface area contributed by atoms with Crippen LogP contribution >= 0.6 is 0 Å². The Morgan fingerprint density at radius 1 is 1.53 bits per heavy atom. The van der Waals surface area contributed by atoms with Gasteiger partial charge >= 0.3 is 5.97 Å². The van der Waals surface area contributed by atoms with Crippen LogP contribution in [0.2, 0.25) is 0 Å². The lowest BCUT2D eigenvalue weighted by atomic mass is 9.86. The van der Waals surface area contributed by atoms with Crippen LogP contribution in [0.25, 0.3) is 0 Å². The van der Waals surface area contributed by atoms with Crippen molar-refractivity contribution < 1.29 is 9.90 Å². The maximum Gasteiger partial charge on any atom is 0.338 e. The van der Waals surface area contributed by atoms with Gasteiger partial charge in [-0.15, -0.1) is 0 Å². The first-order valence-corrected chi connectivity index (χ1v) is 5.46. The lowest BCUT2D eigenvalue weighted by molar-refractivity contribution is 0.0696. The molecule has 0 amide bonds. The number of hydrogen-bond acceptors (Lipinski definition) is 2. The first-order valence-electron chi connectivity index (χ1n) is 5.46. The lowest BCUT2D eigenvalue weighted by Crippen LogP contribution is -2.21. The van der Waals surface area contributed by atoms with Crippen LogP contribution < -0.4 is 0 Å². The monoisotopic (exact) mass is 208 g/mol. The van der Waals surface area contributed by atoms with E-state index in [1.165, 1.54) is 25.5 Å². The van der Waals surface area contributed by atoms with Crippen molar-refractivity contribution in [3.05, 3.63) is 18.0 Å². The number of carboxylic acid groups (broad SMARTS) is 1. The van der Waals surface area contributed by atoms with Gasteiger partial charge in [0.05, 0.1) is 17.8 Å². The predicted molar refractivity (Wildman–Crippen MR) is 55.9 cm³/mol. The second kappa shape index (κ2) is 4.04. The van der Waals surface area contributed by atoms with Crippen molar-refractivity contribution in [3.8, 4) is 0 Å². The molecule has 1 fully saturated rings. The Hall–Kier alpha value is -1.32. The summed E-state index contributed by atoms with van der Waals surface area (Å²) in [6, 6.07) is 0.381. The fourth-order valence-electron chi connectivity index (χ4n) is 2.32. The van der Waals surface area contributed by atoms with Crippen LogP contribution in [0.3, 0.4) is 0 Å². The summed E-state index contributed by atoms with van der Waals surface area (Å²) in [5.74, 6) is -0.301. The topological polar surface area (TPSA) is 55.1 Å². The summed E-state index contributed by atoms with van der Waals surface area (Å²) >= 11 is 0. The van der Waals surface area contributed by atoms with Crippen molar-refractivity contribution >= 4 is 5.97 Å². The maximum atomic E-state index is 10.7. The van der Waals surface area contributed by atoms with Crippen molar-refractivity contribution in [2.24, 2.45) is 5.92 Å². The minimum atomic E-state index is -0.898. The van der Waals surface area contributed by atoms with Crippen molar-refractivity contribution in [3.63, 3.8) is 0 Å². The highest BCUT2D eigenvalue weighted by atomic mass is 16.4. The number of aromatic carboxylic acids is 1. The fraction of sp³-hybridized carbons (Fsp3) is 0.636. The van der Waals surface area contributed by atoms with E-state index in [0.717, 1.165) is 6.42 Å². The van der Waals surface area contributed by atoms with Crippen LogP contribution in [0.15, 0.2) is 12.4 Å². The number of hydrogen-bond donors (Lipinski definition) is 1. The molecule has 0 aliphatic heterocycles. The third-order valence-corrected chi connectivity index (χ3v) is 3.25. The van der Waals surface area contributed by atoms with Gasteiger partial charge in [-0.3, -0.25) is 4.68 Å². The van der Waals surface area contributed by atoms with E-state index in [4.69, 9.17) is 5.11 Å². The molecule has 1 heterocycles. The summed E-state index contributed by atoms with van der Waals surface area (Å²) in [6.07, 6.45) is 7.91. The molecule has 0 aromatic carbocycles. The van der Waals surface area contributed by atoms with Crippen LogP contribution in [0, 0.1) is 5.92 Å². The molecule has 0 radical (unpaired) electrons. The molecule has 0 saturated heterocycles. The van der Waals surface area contributed by atoms with Crippen molar-refractivity contribution in [1.82, 2.24) is 9.78 Å². The van der Waals surface area contributed by atoms with Crippen molar-refractivity contribution in [1.29, 1.82) is 0 Å². The van der Waals surface area contributed by atoms with Gasteiger partial charge in [-0.1, -0.05) is 19.8 Å². The summed E-state index contributed by atoms with van der Waals surface area (Å²) in [5, 5.41) is 13.0. The molecule has 1 saturated carbocycles. The molecule has 2 atom stereocenters. The largest absolute Gasteiger partial charge is 0.478 e. The van der Waals surface area contributed by atoms with Gasteiger partial charge in [-0.05, 0) is 18.8 Å². The van der Waals surface area contributed by atoms with E-state index in [9.17, 15) is 4.79 Å². The Bertz CT molecular complexity index is 359. The third-order valence-electron chi connectivity index (χ3n) is 3.25. The normalized spacial score (nSPS) is 26.5. The molecule has 1 aromatic rings. The predicted octanol–water partition coefficient (Wildman–Crippen LogP) is 2.33. The highest BCUT2D eigenvalue weighted by molar-refractivity contribution is 5.86. The van der Waals surface area contributed by atoms with Gasteiger partial charge < -0.3 is 5.11 Å². The molecule has 1 aliphatic carbocycles. The average molecular weight is 208 g/mol. The van der Waals surface area contributed by atoms with E-state index < -0.39 is 5.97 Å². The Kier molecular flexibility index (Phi) is 2.75. The van der Waals surface area contributed by atoms with E-state index in [1.807, 2.05) is 4.68 Å². The Morgan fingerprint density at radius 3 is 2.87 bits per heavy atom. The van der Waals surface area contributed by atoms with Gasteiger partial charge in [0, 0.05) is 6.20 Å². The van der Waals surface area contributed by atoms with E-state index >= 15 is 0 Å². The molecule has 0 unspecified atom stereocenters. The Balaban J connectivity index is 2.17. The second-order valence-electron chi connectivity index (χ2n) is 4.34. The first kappa shape index (κ1) is 10.2. The van der Waals surface area contributed by atoms with Gasteiger partial charge in [0.2, 0.25) is 0 Å². The zero-order chi connectivity index (χ0) is 10.8. The SMILES string of the molecule is C[C@H]1CCCC[C@@H]1n1cc(C(=O)O)cn1. The van der Waals surface area contributed by atoms with E-state index in [1.54, 1.807) is 6.20 Å². The number of nitrogens with zero attached hydrogens (tertiary/aromatic N) is 2. The molecular formula is C11H16N2O2. The Labute approximate surface area is 88.9 Å². The zero-order valence-corrected chi connectivity index (χ0v) is 8.89. The van der Waals surface area contributed by atoms with E-state index in [2.05, 4.69) is 12.0 Å². The van der Waals surface area contributed by atoms with E-state index in [-0.39, 0.29) is 5.56 Å². The third kappa shape index (κ3) is 2.03. The number of carboxylic acids is 1. The molecule has 82 valence electrons. The smallest absolute Gasteiger partial charge is 0.338 e. The van der Waals surface area contributed by atoms with Gasteiger partial charge in [-0.25, -0.2) is 4.79 Å². The molecule has 1 aliphatic rings. The Morgan fingerprint density at radius 2 is 2.27 bits per heavy atom. The zero-order valence-electron chi connectivity index (χ0n) is 8.89. The van der Waals surface area contributed by atoms with Gasteiger partial charge in [0.1, 0.15) is 0 Å². The second-order valence-corrected chi connectivity index (χ2v) is 4.34. The minimum Gasteiger partial charge on any atom is -0.478 e. The summed E-state index contributed by atoms with van der Waals surface area (Å²) in [6.45, 7) is 2.21. The number of rotatable bonds is 2. The van der Waals surface area contributed by atoms with Crippen LogP contribution in [0.4, 0.5) is 0 Å².